The van der Waals surface area contributed by atoms with E-state index in [9.17, 15) is 0 Å². The summed E-state index contributed by atoms with van der Waals surface area (Å²) in [5.74, 6) is 0.877. The van der Waals surface area contributed by atoms with Crippen LogP contribution in [0.15, 0.2) is 18.5 Å². The van der Waals surface area contributed by atoms with Crippen molar-refractivity contribution in [1.82, 2.24) is 4.98 Å². The molecule has 76 valence electrons. The quantitative estimate of drug-likeness (QED) is 0.792. The molecule has 0 spiro atoms. The van der Waals surface area contributed by atoms with E-state index in [-0.39, 0.29) is 0 Å². The van der Waals surface area contributed by atoms with E-state index < -0.39 is 0 Å². The summed E-state index contributed by atoms with van der Waals surface area (Å²) < 4.78 is 0. The average Bonchev–Trinajstić information content (AvgIpc) is 2.05. The van der Waals surface area contributed by atoms with Gasteiger partial charge in [0.1, 0.15) is 0 Å². The molecule has 2 nitrogen and oxygen atoms in total. The second kappa shape index (κ2) is 3.99. The minimum absolute atomic E-state index is 0.602. The molecule has 1 N–H and O–H groups in total. The lowest BCUT2D eigenvalue weighted by molar-refractivity contribution is 0.285. The molecule has 1 atom stereocenters. The van der Waals surface area contributed by atoms with Gasteiger partial charge in [-0.2, -0.15) is 0 Å². The van der Waals surface area contributed by atoms with E-state index in [0.717, 1.165) is 5.92 Å². The molecular weight excluding hydrogens is 172 g/mol. The fourth-order valence-corrected chi connectivity index (χ4v) is 1.94. The predicted molar refractivity (Wildman–Crippen MR) is 59.4 cm³/mol. The number of anilines is 1. The molecule has 1 heterocycles. The van der Waals surface area contributed by atoms with Crippen molar-refractivity contribution in [2.45, 2.75) is 39.2 Å². The van der Waals surface area contributed by atoms with Crippen LogP contribution in [-0.4, -0.2) is 11.0 Å². The minimum atomic E-state index is 0.602. The van der Waals surface area contributed by atoms with E-state index in [1.807, 2.05) is 12.4 Å². The van der Waals surface area contributed by atoms with Crippen LogP contribution in [0.1, 0.15) is 31.7 Å². The first kappa shape index (κ1) is 9.50. The molecular formula is C12H18N2. The molecule has 0 aliphatic heterocycles. The van der Waals surface area contributed by atoms with Gasteiger partial charge in [-0.25, -0.2) is 0 Å². The van der Waals surface area contributed by atoms with Crippen LogP contribution in [0.3, 0.4) is 0 Å². The summed E-state index contributed by atoms with van der Waals surface area (Å²) in [6.07, 6.45) is 7.95. The molecule has 0 amide bonds. The topological polar surface area (TPSA) is 24.9 Å². The summed E-state index contributed by atoms with van der Waals surface area (Å²) in [4.78, 5) is 4.09. The maximum absolute atomic E-state index is 4.09. The molecule has 1 aliphatic carbocycles. The monoisotopic (exact) mass is 190 g/mol. The van der Waals surface area contributed by atoms with Crippen molar-refractivity contribution in [2.24, 2.45) is 5.92 Å². The van der Waals surface area contributed by atoms with Gasteiger partial charge in [-0.05, 0) is 44.2 Å². The van der Waals surface area contributed by atoms with Crippen LogP contribution < -0.4 is 5.32 Å². The molecule has 2 rings (SSSR count). The number of nitrogens with one attached hydrogen (secondary N) is 1. The lowest BCUT2D eigenvalue weighted by Gasteiger charge is -2.32. The number of hydrogen-bond donors (Lipinski definition) is 1. The Balaban J connectivity index is 1.99. The molecule has 14 heavy (non-hydrogen) atoms. The summed E-state index contributed by atoms with van der Waals surface area (Å²) in [6, 6.07) is 2.66. The average molecular weight is 190 g/mol. The van der Waals surface area contributed by atoms with Gasteiger partial charge in [-0.1, -0.05) is 6.42 Å². The Kier molecular flexibility index (Phi) is 2.71. The lowest BCUT2D eigenvalue weighted by Crippen LogP contribution is -2.31. The van der Waals surface area contributed by atoms with Gasteiger partial charge in [-0.3, -0.25) is 4.98 Å². The highest BCUT2D eigenvalue weighted by atomic mass is 14.9. The van der Waals surface area contributed by atoms with Gasteiger partial charge >= 0.3 is 0 Å². The molecule has 0 saturated heterocycles. The van der Waals surface area contributed by atoms with E-state index in [0.29, 0.717) is 6.04 Å². The third kappa shape index (κ3) is 1.89. The molecule has 1 aromatic heterocycles. The molecule has 1 saturated carbocycles. The number of rotatable bonds is 3. The van der Waals surface area contributed by atoms with Crippen molar-refractivity contribution in [3.63, 3.8) is 0 Å². The fraction of sp³-hybridized carbons (Fsp3) is 0.583. The third-order valence-corrected chi connectivity index (χ3v) is 3.26. The maximum Gasteiger partial charge on any atom is 0.0402 e. The van der Waals surface area contributed by atoms with Gasteiger partial charge in [0.05, 0.1) is 0 Å². The maximum atomic E-state index is 4.09. The third-order valence-electron chi connectivity index (χ3n) is 3.26. The second-order valence-electron chi connectivity index (χ2n) is 4.31. The van der Waals surface area contributed by atoms with E-state index in [4.69, 9.17) is 0 Å². The largest absolute Gasteiger partial charge is 0.382 e. The van der Waals surface area contributed by atoms with Crippen molar-refractivity contribution >= 4 is 5.69 Å². The van der Waals surface area contributed by atoms with Crippen LogP contribution in [0.5, 0.6) is 0 Å². The van der Waals surface area contributed by atoms with Gasteiger partial charge in [0.25, 0.3) is 0 Å². The van der Waals surface area contributed by atoms with Gasteiger partial charge in [0.2, 0.25) is 0 Å². The number of aromatic nitrogens is 1. The zero-order chi connectivity index (χ0) is 9.97. The highest BCUT2D eigenvalue weighted by molar-refractivity contribution is 5.49. The highest BCUT2D eigenvalue weighted by Crippen LogP contribution is 2.31. The van der Waals surface area contributed by atoms with Crippen molar-refractivity contribution in [1.29, 1.82) is 0 Å². The molecule has 1 unspecified atom stereocenters. The van der Waals surface area contributed by atoms with Crippen LogP contribution in [0.25, 0.3) is 0 Å². The molecule has 0 aromatic carbocycles. The smallest absolute Gasteiger partial charge is 0.0402 e. The van der Waals surface area contributed by atoms with Crippen LogP contribution in [0, 0.1) is 12.8 Å². The second-order valence-corrected chi connectivity index (χ2v) is 4.31. The summed E-state index contributed by atoms with van der Waals surface area (Å²) in [7, 11) is 0. The Morgan fingerprint density at radius 1 is 1.50 bits per heavy atom. The van der Waals surface area contributed by atoms with Crippen molar-refractivity contribution < 1.29 is 0 Å². The number of pyridine rings is 1. The number of aryl methyl sites for hydroxylation is 1. The predicted octanol–water partition coefficient (Wildman–Crippen LogP) is 2.99. The van der Waals surface area contributed by atoms with E-state index in [1.54, 1.807) is 0 Å². The first-order chi connectivity index (χ1) is 6.77. The molecule has 0 bridgehead atoms. The number of nitrogens with zero attached hydrogens (tertiary/aromatic N) is 1. The van der Waals surface area contributed by atoms with Gasteiger partial charge in [-0.15, -0.1) is 0 Å². The van der Waals surface area contributed by atoms with E-state index in [2.05, 4.69) is 30.2 Å². The zero-order valence-corrected chi connectivity index (χ0v) is 8.96. The minimum Gasteiger partial charge on any atom is -0.382 e. The number of hydrogen-bond acceptors (Lipinski definition) is 2. The fourth-order valence-electron chi connectivity index (χ4n) is 1.94. The summed E-state index contributed by atoms with van der Waals surface area (Å²) in [6.45, 7) is 4.38. The molecule has 2 heteroatoms. The Hall–Kier alpha value is -1.05. The van der Waals surface area contributed by atoms with Crippen LogP contribution in [0.2, 0.25) is 0 Å². The summed E-state index contributed by atoms with van der Waals surface area (Å²) in [5.41, 5.74) is 2.47. The summed E-state index contributed by atoms with van der Waals surface area (Å²) >= 11 is 0. The zero-order valence-electron chi connectivity index (χ0n) is 8.96. The Bertz CT molecular complexity index is 305. The first-order valence-corrected chi connectivity index (χ1v) is 5.44. The molecule has 1 aromatic rings. The SMILES string of the molecule is Cc1cnccc1NC(C)C1CCC1. The Labute approximate surface area is 85.7 Å². The highest BCUT2D eigenvalue weighted by Gasteiger charge is 2.23. The van der Waals surface area contributed by atoms with Gasteiger partial charge in [0.15, 0.2) is 0 Å². The molecule has 1 aliphatic rings. The molecule has 1 fully saturated rings. The molecule has 0 radical (unpaired) electrons. The van der Waals surface area contributed by atoms with Crippen molar-refractivity contribution in [3.05, 3.63) is 24.0 Å². The van der Waals surface area contributed by atoms with E-state index >= 15 is 0 Å². The lowest BCUT2D eigenvalue weighted by atomic mass is 9.80. The normalized spacial score (nSPS) is 18.7. The van der Waals surface area contributed by atoms with Gasteiger partial charge in [0, 0.05) is 24.1 Å². The van der Waals surface area contributed by atoms with Crippen molar-refractivity contribution in [3.8, 4) is 0 Å². The Morgan fingerprint density at radius 2 is 2.29 bits per heavy atom. The standard InChI is InChI=1S/C12H18N2/c1-9-8-13-7-6-12(9)14-10(2)11-4-3-5-11/h6-8,10-11H,3-5H2,1-2H3,(H,13,14). The Morgan fingerprint density at radius 3 is 2.86 bits per heavy atom. The van der Waals surface area contributed by atoms with Crippen LogP contribution in [-0.2, 0) is 0 Å². The van der Waals surface area contributed by atoms with Gasteiger partial charge < -0.3 is 5.32 Å². The van der Waals surface area contributed by atoms with Crippen molar-refractivity contribution in [2.75, 3.05) is 5.32 Å². The van der Waals surface area contributed by atoms with Crippen LogP contribution in [0.4, 0.5) is 5.69 Å². The summed E-state index contributed by atoms with van der Waals surface area (Å²) in [5, 5.41) is 3.57. The first-order valence-electron chi connectivity index (χ1n) is 5.44. The van der Waals surface area contributed by atoms with Crippen LogP contribution >= 0.6 is 0 Å². The van der Waals surface area contributed by atoms with E-state index in [1.165, 1.54) is 30.5 Å².